The van der Waals surface area contributed by atoms with Crippen molar-refractivity contribution in [3.8, 4) is 0 Å². The zero-order chi connectivity index (χ0) is 15.2. The molecule has 0 bridgehead atoms. The lowest BCUT2D eigenvalue weighted by molar-refractivity contribution is -0.138. The highest BCUT2D eigenvalue weighted by molar-refractivity contribution is 6.09. The fourth-order valence-electron chi connectivity index (χ4n) is 2.20. The van der Waals surface area contributed by atoms with Gasteiger partial charge in [0.2, 0.25) is 0 Å². The second-order valence-electron chi connectivity index (χ2n) is 4.74. The van der Waals surface area contributed by atoms with Gasteiger partial charge in [0.1, 0.15) is 0 Å². The zero-order valence-corrected chi connectivity index (χ0v) is 11.5. The van der Waals surface area contributed by atoms with E-state index in [-0.39, 0.29) is 5.78 Å². The standard InChI is InChI=1S/C18H16O3/c1-2-7-16(18(20)21)14-10-6-11-15(12-14)17(19)13-8-4-3-5-9-13/h2-6,8-12,16H,1,7H2,(H,20,21). The van der Waals surface area contributed by atoms with Crippen LogP contribution in [0.4, 0.5) is 0 Å². The monoisotopic (exact) mass is 280 g/mol. The van der Waals surface area contributed by atoms with Crippen molar-refractivity contribution in [3.05, 3.63) is 83.9 Å². The average molecular weight is 280 g/mol. The number of aliphatic carboxylic acids is 1. The number of hydrogen-bond donors (Lipinski definition) is 1. The van der Waals surface area contributed by atoms with E-state index in [9.17, 15) is 14.7 Å². The minimum absolute atomic E-state index is 0.111. The molecule has 2 aromatic carbocycles. The second-order valence-corrected chi connectivity index (χ2v) is 4.74. The van der Waals surface area contributed by atoms with Crippen LogP contribution in [0.25, 0.3) is 0 Å². The molecule has 2 aromatic rings. The molecule has 0 aromatic heterocycles. The number of carboxylic acids is 1. The molecule has 0 aliphatic rings. The van der Waals surface area contributed by atoms with Gasteiger partial charge in [-0.25, -0.2) is 0 Å². The minimum Gasteiger partial charge on any atom is -0.481 e. The number of carboxylic acid groups (broad SMARTS) is 1. The molecule has 0 aliphatic carbocycles. The molecule has 0 fully saturated rings. The summed E-state index contributed by atoms with van der Waals surface area (Å²) in [6.07, 6.45) is 1.91. The molecule has 1 atom stereocenters. The molecule has 0 saturated carbocycles. The first-order valence-electron chi connectivity index (χ1n) is 6.67. The largest absolute Gasteiger partial charge is 0.481 e. The van der Waals surface area contributed by atoms with Crippen LogP contribution in [0, 0.1) is 0 Å². The maximum atomic E-state index is 12.4. The van der Waals surface area contributed by atoms with Crippen molar-refractivity contribution < 1.29 is 14.7 Å². The van der Waals surface area contributed by atoms with Crippen molar-refractivity contribution in [2.45, 2.75) is 12.3 Å². The van der Waals surface area contributed by atoms with E-state index in [0.29, 0.717) is 23.1 Å². The van der Waals surface area contributed by atoms with Crippen LogP contribution >= 0.6 is 0 Å². The normalized spacial score (nSPS) is 11.6. The third-order valence-electron chi connectivity index (χ3n) is 3.29. The van der Waals surface area contributed by atoms with Gasteiger partial charge in [-0.2, -0.15) is 0 Å². The summed E-state index contributed by atoms with van der Waals surface area (Å²) in [5, 5.41) is 9.27. The molecule has 106 valence electrons. The molecule has 3 heteroatoms. The summed E-state index contributed by atoms with van der Waals surface area (Å²) in [6.45, 7) is 3.58. The number of rotatable bonds is 6. The maximum Gasteiger partial charge on any atom is 0.311 e. The number of ketones is 1. The van der Waals surface area contributed by atoms with Crippen molar-refractivity contribution in [1.82, 2.24) is 0 Å². The molecular weight excluding hydrogens is 264 g/mol. The number of carbonyl (C=O) groups is 2. The zero-order valence-electron chi connectivity index (χ0n) is 11.5. The van der Waals surface area contributed by atoms with Crippen molar-refractivity contribution in [2.75, 3.05) is 0 Å². The molecule has 0 heterocycles. The summed E-state index contributed by atoms with van der Waals surface area (Å²) in [6, 6.07) is 15.7. The fourth-order valence-corrected chi connectivity index (χ4v) is 2.20. The SMILES string of the molecule is C=CCC(C(=O)O)c1cccc(C(=O)c2ccccc2)c1. The molecule has 0 radical (unpaired) electrons. The van der Waals surface area contributed by atoms with Gasteiger partial charge in [-0.05, 0) is 18.1 Å². The topological polar surface area (TPSA) is 54.4 Å². The lowest BCUT2D eigenvalue weighted by atomic mass is 9.92. The highest BCUT2D eigenvalue weighted by Gasteiger charge is 2.19. The van der Waals surface area contributed by atoms with Gasteiger partial charge in [0.05, 0.1) is 5.92 Å². The Hall–Kier alpha value is -2.68. The number of hydrogen-bond acceptors (Lipinski definition) is 2. The van der Waals surface area contributed by atoms with Gasteiger partial charge in [-0.3, -0.25) is 9.59 Å². The Morgan fingerprint density at radius 2 is 1.71 bits per heavy atom. The van der Waals surface area contributed by atoms with Crippen LogP contribution < -0.4 is 0 Å². The molecule has 2 rings (SSSR count). The lowest BCUT2D eigenvalue weighted by Gasteiger charge is -2.11. The van der Waals surface area contributed by atoms with Gasteiger partial charge >= 0.3 is 5.97 Å². The molecular formula is C18H16O3. The Kier molecular flexibility index (Phi) is 4.67. The summed E-state index contributed by atoms with van der Waals surface area (Å²) in [5.41, 5.74) is 1.70. The summed E-state index contributed by atoms with van der Waals surface area (Å²) < 4.78 is 0. The van der Waals surface area contributed by atoms with E-state index in [0.717, 1.165) is 0 Å². The van der Waals surface area contributed by atoms with Crippen LogP contribution in [-0.4, -0.2) is 16.9 Å². The molecule has 1 unspecified atom stereocenters. The molecule has 1 N–H and O–H groups in total. The first-order chi connectivity index (χ1) is 10.1. The van der Waals surface area contributed by atoms with Crippen LogP contribution in [-0.2, 0) is 4.79 Å². The van der Waals surface area contributed by atoms with Crippen LogP contribution in [0.15, 0.2) is 67.3 Å². The minimum atomic E-state index is -0.917. The molecule has 0 saturated heterocycles. The third kappa shape index (κ3) is 3.45. The van der Waals surface area contributed by atoms with E-state index in [1.165, 1.54) is 0 Å². The molecule has 3 nitrogen and oxygen atoms in total. The van der Waals surface area contributed by atoms with E-state index in [1.54, 1.807) is 54.6 Å². The Labute approximate surface area is 123 Å². The Bertz CT molecular complexity index is 659. The van der Waals surface area contributed by atoms with Gasteiger partial charge in [0.15, 0.2) is 5.78 Å². The first-order valence-corrected chi connectivity index (χ1v) is 6.67. The Morgan fingerprint density at radius 1 is 1.05 bits per heavy atom. The van der Waals surface area contributed by atoms with Crippen LogP contribution in [0.3, 0.4) is 0 Å². The second kappa shape index (κ2) is 6.66. The number of allylic oxidation sites excluding steroid dienone is 1. The summed E-state index contributed by atoms with van der Waals surface area (Å²) in [4.78, 5) is 23.7. The maximum absolute atomic E-state index is 12.4. The lowest BCUT2D eigenvalue weighted by Crippen LogP contribution is -2.12. The Balaban J connectivity index is 2.35. The van der Waals surface area contributed by atoms with Crippen LogP contribution in [0.2, 0.25) is 0 Å². The average Bonchev–Trinajstić information content (AvgIpc) is 2.52. The number of benzene rings is 2. The van der Waals surface area contributed by atoms with E-state index in [4.69, 9.17) is 0 Å². The van der Waals surface area contributed by atoms with Gasteiger partial charge in [0, 0.05) is 11.1 Å². The smallest absolute Gasteiger partial charge is 0.311 e. The van der Waals surface area contributed by atoms with E-state index in [2.05, 4.69) is 6.58 Å². The molecule has 0 amide bonds. The van der Waals surface area contributed by atoms with Crippen LogP contribution in [0.1, 0.15) is 33.8 Å². The van der Waals surface area contributed by atoms with Gasteiger partial charge in [0.25, 0.3) is 0 Å². The molecule has 21 heavy (non-hydrogen) atoms. The predicted molar refractivity (Wildman–Crippen MR) is 81.5 cm³/mol. The van der Waals surface area contributed by atoms with Crippen molar-refractivity contribution in [3.63, 3.8) is 0 Å². The molecule has 0 aliphatic heterocycles. The first kappa shape index (κ1) is 14.7. The van der Waals surface area contributed by atoms with E-state index >= 15 is 0 Å². The third-order valence-corrected chi connectivity index (χ3v) is 3.29. The summed E-state index contributed by atoms with van der Waals surface area (Å²) in [7, 11) is 0. The highest BCUT2D eigenvalue weighted by Crippen LogP contribution is 2.22. The van der Waals surface area contributed by atoms with Gasteiger partial charge in [-0.15, -0.1) is 6.58 Å². The van der Waals surface area contributed by atoms with Crippen molar-refractivity contribution >= 4 is 11.8 Å². The summed E-state index contributed by atoms with van der Waals surface area (Å²) >= 11 is 0. The molecule has 0 spiro atoms. The van der Waals surface area contributed by atoms with E-state index < -0.39 is 11.9 Å². The fraction of sp³-hybridized carbons (Fsp3) is 0.111. The van der Waals surface area contributed by atoms with Crippen molar-refractivity contribution in [2.24, 2.45) is 0 Å². The van der Waals surface area contributed by atoms with Crippen molar-refractivity contribution in [1.29, 1.82) is 0 Å². The van der Waals surface area contributed by atoms with Crippen LogP contribution in [0.5, 0.6) is 0 Å². The predicted octanol–water partition coefficient (Wildman–Crippen LogP) is 3.66. The van der Waals surface area contributed by atoms with E-state index in [1.807, 2.05) is 6.07 Å². The Morgan fingerprint density at radius 3 is 2.33 bits per heavy atom. The number of carbonyl (C=O) groups excluding carboxylic acids is 1. The van der Waals surface area contributed by atoms with Gasteiger partial charge in [-0.1, -0.05) is 54.6 Å². The highest BCUT2D eigenvalue weighted by atomic mass is 16.4. The summed E-state index contributed by atoms with van der Waals surface area (Å²) in [5.74, 6) is -1.70. The quantitative estimate of drug-likeness (QED) is 0.649. The van der Waals surface area contributed by atoms with Gasteiger partial charge < -0.3 is 5.11 Å².